The fourth-order valence-corrected chi connectivity index (χ4v) is 2.53. The van der Waals surface area contributed by atoms with Crippen LogP contribution in [0.4, 0.5) is 4.79 Å². The fourth-order valence-electron chi connectivity index (χ4n) is 2.53. The molecule has 2 rings (SSSR count). The largest absolute Gasteiger partial charge is 0.387 e. The van der Waals surface area contributed by atoms with Gasteiger partial charge in [0.15, 0.2) is 0 Å². The van der Waals surface area contributed by atoms with Crippen LogP contribution in [0.2, 0.25) is 0 Å². The van der Waals surface area contributed by atoms with E-state index in [1.807, 2.05) is 12.1 Å². The van der Waals surface area contributed by atoms with Crippen molar-refractivity contribution in [2.24, 2.45) is 5.92 Å². The molecule has 1 aliphatic heterocycles. The maximum atomic E-state index is 11.8. The van der Waals surface area contributed by atoms with Gasteiger partial charge in [0.2, 0.25) is 0 Å². The maximum absolute atomic E-state index is 11.8. The summed E-state index contributed by atoms with van der Waals surface area (Å²) in [6.45, 7) is 6.18. The first kappa shape index (κ1) is 14.9. The summed E-state index contributed by atoms with van der Waals surface area (Å²) in [7, 11) is 1.79. The predicted molar refractivity (Wildman–Crippen MR) is 79.5 cm³/mol. The zero-order chi connectivity index (χ0) is 14.7. The van der Waals surface area contributed by atoms with Gasteiger partial charge in [0.25, 0.3) is 0 Å². The third-order valence-corrected chi connectivity index (χ3v) is 3.70. The minimum absolute atomic E-state index is 0.000443. The van der Waals surface area contributed by atoms with Crippen LogP contribution in [0.25, 0.3) is 0 Å². The summed E-state index contributed by atoms with van der Waals surface area (Å²) in [4.78, 5) is 15.2. The standard InChI is InChI=1S/C16H24N2O2/c1-12(2)10-13-4-6-14(7-5-13)15(19)11-18-9-8-17(3)16(18)20/h4-7,12,15,19H,8-11H2,1-3H3. The third-order valence-electron chi connectivity index (χ3n) is 3.70. The highest BCUT2D eigenvalue weighted by atomic mass is 16.3. The molecule has 0 aliphatic carbocycles. The second-order valence-corrected chi connectivity index (χ2v) is 6.01. The topological polar surface area (TPSA) is 43.8 Å². The van der Waals surface area contributed by atoms with Gasteiger partial charge in [0.1, 0.15) is 0 Å². The number of carbonyl (C=O) groups is 1. The predicted octanol–water partition coefficient (Wildman–Crippen LogP) is 2.29. The summed E-state index contributed by atoms with van der Waals surface area (Å²) in [5.74, 6) is 0.628. The van der Waals surface area contributed by atoms with Gasteiger partial charge >= 0.3 is 6.03 Å². The molecule has 0 radical (unpaired) electrons. The molecule has 0 saturated carbocycles. The molecule has 2 amide bonds. The number of rotatable bonds is 5. The first-order valence-electron chi connectivity index (χ1n) is 7.24. The van der Waals surface area contributed by atoms with Gasteiger partial charge in [-0.05, 0) is 23.5 Å². The van der Waals surface area contributed by atoms with Crippen LogP contribution in [0.3, 0.4) is 0 Å². The second kappa shape index (κ2) is 6.27. The Bertz CT molecular complexity index is 456. The first-order chi connectivity index (χ1) is 9.47. The fraction of sp³-hybridized carbons (Fsp3) is 0.562. The summed E-state index contributed by atoms with van der Waals surface area (Å²) in [5, 5.41) is 10.2. The number of nitrogens with zero attached hydrogens (tertiary/aromatic N) is 2. The highest BCUT2D eigenvalue weighted by Crippen LogP contribution is 2.18. The van der Waals surface area contributed by atoms with Gasteiger partial charge in [-0.1, -0.05) is 38.1 Å². The van der Waals surface area contributed by atoms with Gasteiger partial charge in [-0.25, -0.2) is 4.79 Å². The molecule has 1 aliphatic rings. The molecule has 4 heteroatoms. The Morgan fingerprint density at radius 2 is 1.85 bits per heavy atom. The van der Waals surface area contributed by atoms with E-state index in [1.165, 1.54) is 5.56 Å². The molecule has 0 aromatic heterocycles. The molecular formula is C16H24N2O2. The molecule has 20 heavy (non-hydrogen) atoms. The number of aliphatic hydroxyl groups excluding tert-OH is 1. The number of aliphatic hydroxyl groups is 1. The third kappa shape index (κ3) is 3.51. The van der Waals surface area contributed by atoms with Gasteiger partial charge < -0.3 is 14.9 Å². The van der Waals surface area contributed by atoms with E-state index in [-0.39, 0.29) is 6.03 Å². The second-order valence-electron chi connectivity index (χ2n) is 6.01. The van der Waals surface area contributed by atoms with Crippen molar-refractivity contribution in [2.45, 2.75) is 26.4 Å². The number of hydrogen-bond acceptors (Lipinski definition) is 2. The first-order valence-corrected chi connectivity index (χ1v) is 7.24. The van der Waals surface area contributed by atoms with E-state index in [0.717, 1.165) is 18.5 Å². The van der Waals surface area contributed by atoms with Crippen molar-refractivity contribution >= 4 is 6.03 Å². The smallest absolute Gasteiger partial charge is 0.319 e. The van der Waals surface area contributed by atoms with Crippen LogP contribution in [0.1, 0.15) is 31.1 Å². The Balaban J connectivity index is 1.95. The number of carbonyl (C=O) groups excluding carboxylic acids is 1. The van der Waals surface area contributed by atoms with E-state index < -0.39 is 6.10 Å². The van der Waals surface area contributed by atoms with Gasteiger partial charge in [-0.3, -0.25) is 0 Å². The molecule has 1 aromatic rings. The molecule has 0 spiro atoms. The quantitative estimate of drug-likeness (QED) is 0.896. The minimum Gasteiger partial charge on any atom is -0.387 e. The summed E-state index contributed by atoms with van der Waals surface area (Å²) in [6.07, 6.45) is 0.435. The van der Waals surface area contributed by atoms with Crippen LogP contribution in [-0.2, 0) is 6.42 Å². The SMILES string of the molecule is CC(C)Cc1ccc(C(O)CN2CCN(C)C2=O)cc1. The van der Waals surface area contributed by atoms with Crippen molar-refractivity contribution < 1.29 is 9.90 Å². The summed E-state index contributed by atoms with van der Waals surface area (Å²) in [6, 6.07) is 8.06. The lowest BCUT2D eigenvalue weighted by atomic mass is 10.00. The van der Waals surface area contributed by atoms with E-state index in [2.05, 4.69) is 26.0 Å². The molecular weight excluding hydrogens is 252 g/mol. The van der Waals surface area contributed by atoms with Crippen molar-refractivity contribution in [3.8, 4) is 0 Å². The van der Waals surface area contributed by atoms with E-state index in [4.69, 9.17) is 0 Å². The highest BCUT2D eigenvalue weighted by Gasteiger charge is 2.27. The van der Waals surface area contributed by atoms with Crippen molar-refractivity contribution in [2.75, 3.05) is 26.7 Å². The van der Waals surface area contributed by atoms with Crippen LogP contribution in [0, 0.1) is 5.92 Å². The van der Waals surface area contributed by atoms with Crippen molar-refractivity contribution in [3.05, 3.63) is 35.4 Å². The van der Waals surface area contributed by atoms with Gasteiger partial charge in [0.05, 0.1) is 12.6 Å². The summed E-state index contributed by atoms with van der Waals surface area (Å²) < 4.78 is 0. The lowest BCUT2D eigenvalue weighted by Gasteiger charge is -2.20. The van der Waals surface area contributed by atoms with E-state index in [1.54, 1.807) is 16.8 Å². The van der Waals surface area contributed by atoms with Crippen LogP contribution < -0.4 is 0 Å². The van der Waals surface area contributed by atoms with Gasteiger partial charge in [-0.2, -0.15) is 0 Å². The molecule has 1 saturated heterocycles. The van der Waals surface area contributed by atoms with Crippen molar-refractivity contribution in [1.29, 1.82) is 0 Å². The number of benzene rings is 1. The molecule has 1 N–H and O–H groups in total. The lowest BCUT2D eigenvalue weighted by molar-refractivity contribution is 0.129. The molecule has 110 valence electrons. The van der Waals surface area contributed by atoms with Crippen LogP contribution in [0.5, 0.6) is 0 Å². The zero-order valence-electron chi connectivity index (χ0n) is 12.5. The average molecular weight is 276 g/mol. The monoisotopic (exact) mass is 276 g/mol. The maximum Gasteiger partial charge on any atom is 0.319 e. The molecule has 1 atom stereocenters. The van der Waals surface area contributed by atoms with Gasteiger partial charge in [0, 0.05) is 20.1 Å². The Morgan fingerprint density at radius 1 is 1.20 bits per heavy atom. The van der Waals surface area contributed by atoms with E-state index in [9.17, 15) is 9.90 Å². The average Bonchev–Trinajstić information content (AvgIpc) is 2.71. The lowest BCUT2D eigenvalue weighted by Crippen LogP contribution is -2.32. The minimum atomic E-state index is -0.612. The van der Waals surface area contributed by atoms with E-state index >= 15 is 0 Å². The Hall–Kier alpha value is -1.55. The number of urea groups is 1. The zero-order valence-corrected chi connectivity index (χ0v) is 12.5. The molecule has 0 bridgehead atoms. The van der Waals surface area contributed by atoms with E-state index in [0.29, 0.717) is 19.0 Å². The Labute approximate surface area is 121 Å². The van der Waals surface area contributed by atoms with Crippen LogP contribution in [0.15, 0.2) is 24.3 Å². The highest BCUT2D eigenvalue weighted by molar-refractivity contribution is 5.76. The Morgan fingerprint density at radius 3 is 2.35 bits per heavy atom. The molecule has 4 nitrogen and oxygen atoms in total. The normalized spacial score (nSPS) is 17.1. The van der Waals surface area contributed by atoms with Crippen LogP contribution >= 0.6 is 0 Å². The Kier molecular flexibility index (Phi) is 4.65. The molecule has 1 aromatic carbocycles. The van der Waals surface area contributed by atoms with Crippen molar-refractivity contribution in [1.82, 2.24) is 9.80 Å². The van der Waals surface area contributed by atoms with Crippen molar-refractivity contribution in [3.63, 3.8) is 0 Å². The summed E-state index contributed by atoms with van der Waals surface area (Å²) >= 11 is 0. The number of hydrogen-bond donors (Lipinski definition) is 1. The number of β-amino-alcohol motifs (C(OH)–C–C–N with tert-alkyl or cyclic N) is 1. The van der Waals surface area contributed by atoms with Gasteiger partial charge in [-0.15, -0.1) is 0 Å². The molecule has 1 unspecified atom stereocenters. The van der Waals surface area contributed by atoms with Crippen LogP contribution in [-0.4, -0.2) is 47.6 Å². The summed E-state index contributed by atoms with van der Waals surface area (Å²) in [5.41, 5.74) is 2.16. The number of amides is 2. The molecule has 1 heterocycles. The number of likely N-dealkylation sites (N-methyl/N-ethyl adjacent to an activating group) is 1. The molecule has 1 fully saturated rings.